The molecule has 4 N–H and O–H groups in total. The molecule has 0 aliphatic rings. The predicted octanol–water partition coefficient (Wildman–Crippen LogP) is 2.70. The fraction of sp³-hybridized carbons (Fsp3) is 0.0667. The zero-order valence-corrected chi connectivity index (χ0v) is 11.9. The fourth-order valence-corrected chi connectivity index (χ4v) is 2.44. The van der Waals surface area contributed by atoms with Crippen molar-refractivity contribution in [3.8, 4) is 0 Å². The lowest BCUT2D eigenvalue weighted by Gasteiger charge is -2.06. The van der Waals surface area contributed by atoms with Crippen molar-refractivity contribution in [3.63, 3.8) is 0 Å². The molecular weight excluding hydrogens is 288 g/mol. The number of carboxylic acid groups (broad SMARTS) is 1. The number of anilines is 2. The summed E-state index contributed by atoms with van der Waals surface area (Å²) >= 11 is 1.36. The summed E-state index contributed by atoms with van der Waals surface area (Å²) in [5.74, 6) is -1.01. The van der Waals surface area contributed by atoms with E-state index < -0.39 is 5.97 Å². The number of carboxylic acids is 1. The Bertz CT molecular complexity index is 673. The molecule has 0 fully saturated rings. The van der Waals surface area contributed by atoms with Gasteiger partial charge < -0.3 is 16.2 Å². The van der Waals surface area contributed by atoms with Gasteiger partial charge in [0, 0.05) is 16.3 Å². The number of nitrogen functional groups attached to an aromatic ring is 1. The summed E-state index contributed by atoms with van der Waals surface area (Å²) in [4.78, 5) is 23.6. The lowest BCUT2D eigenvalue weighted by atomic mass is 10.2. The highest BCUT2D eigenvalue weighted by molar-refractivity contribution is 8.00. The number of carbonyl (C=O) groups excluding carboxylic acids is 1. The average molecular weight is 302 g/mol. The lowest BCUT2D eigenvalue weighted by molar-refractivity contribution is -0.113. The van der Waals surface area contributed by atoms with Crippen molar-refractivity contribution in [3.05, 3.63) is 54.1 Å². The van der Waals surface area contributed by atoms with Crippen LogP contribution in [0.5, 0.6) is 0 Å². The Kier molecular flexibility index (Phi) is 4.84. The lowest BCUT2D eigenvalue weighted by Crippen LogP contribution is -2.14. The van der Waals surface area contributed by atoms with E-state index in [2.05, 4.69) is 5.32 Å². The van der Waals surface area contributed by atoms with Gasteiger partial charge in [-0.2, -0.15) is 0 Å². The number of thioether (sulfide) groups is 1. The van der Waals surface area contributed by atoms with Gasteiger partial charge in [-0.25, -0.2) is 4.79 Å². The van der Waals surface area contributed by atoms with Gasteiger partial charge in [-0.1, -0.05) is 12.1 Å². The van der Waals surface area contributed by atoms with Gasteiger partial charge in [-0.05, 0) is 36.4 Å². The summed E-state index contributed by atoms with van der Waals surface area (Å²) in [6.07, 6.45) is 0. The molecular formula is C15H14N2O3S. The standard InChI is InChI=1S/C15H14N2O3S/c16-11-4-2-6-13(8-11)21-9-14(18)17-12-5-1-3-10(7-12)15(19)20/h1-8H,9,16H2,(H,17,18)(H,19,20). The van der Waals surface area contributed by atoms with Crippen molar-refractivity contribution in [2.24, 2.45) is 0 Å². The molecule has 0 spiro atoms. The highest BCUT2D eigenvalue weighted by atomic mass is 32.2. The first-order chi connectivity index (χ1) is 10.0. The molecule has 0 aromatic heterocycles. The van der Waals surface area contributed by atoms with E-state index in [-0.39, 0.29) is 17.2 Å². The summed E-state index contributed by atoms with van der Waals surface area (Å²) in [5.41, 5.74) is 6.91. The van der Waals surface area contributed by atoms with Crippen molar-refractivity contribution in [1.29, 1.82) is 0 Å². The van der Waals surface area contributed by atoms with Crippen LogP contribution in [-0.2, 0) is 4.79 Å². The third kappa shape index (κ3) is 4.54. The van der Waals surface area contributed by atoms with Crippen LogP contribution in [0.25, 0.3) is 0 Å². The Labute approximate surface area is 126 Å². The Morgan fingerprint density at radius 2 is 1.90 bits per heavy atom. The molecule has 0 heterocycles. The molecule has 2 aromatic rings. The fourth-order valence-electron chi connectivity index (χ4n) is 1.68. The van der Waals surface area contributed by atoms with Crippen LogP contribution in [0.3, 0.4) is 0 Å². The number of amides is 1. The molecule has 0 aliphatic heterocycles. The minimum Gasteiger partial charge on any atom is -0.478 e. The number of benzene rings is 2. The first-order valence-electron chi connectivity index (χ1n) is 6.16. The summed E-state index contributed by atoms with van der Waals surface area (Å²) in [5, 5.41) is 11.6. The summed E-state index contributed by atoms with van der Waals surface area (Å²) in [6, 6.07) is 13.4. The Balaban J connectivity index is 1.93. The second kappa shape index (κ2) is 6.81. The van der Waals surface area contributed by atoms with E-state index in [1.54, 1.807) is 24.3 Å². The predicted molar refractivity (Wildman–Crippen MR) is 83.6 cm³/mol. The number of nitrogens with two attached hydrogens (primary N) is 1. The summed E-state index contributed by atoms with van der Waals surface area (Å²) in [7, 11) is 0. The maximum absolute atomic E-state index is 11.8. The Morgan fingerprint density at radius 3 is 2.62 bits per heavy atom. The van der Waals surface area contributed by atoms with E-state index in [1.807, 2.05) is 12.1 Å². The first-order valence-corrected chi connectivity index (χ1v) is 7.15. The number of hydrogen-bond donors (Lipinski definition) is 3. The number of hydrogen-bond acceptors (Lipinski definition) is 4. The van der Waals surface area contributed by atoms with Gasteiger partial charge in [-0.15, -0.1) is 11.8 Å². The second-order valence-electron chi connectivity index (χ2n) is 4.30. The molecule has 0 saturated heterocycles. The van der Waals surface area contributed by atoms with Crippen LogP contribution in [0.4, 0.5) is 11.4 Å². The summed E-state index contributed by atoms with van der Waals surface area (Å²) in [6.45, 7) is 0. The van der Waals surface area contributed by atoms with E-state index in [9.17, 15) is 9.59 Å². The number of rotatable bonds is 5. The minimum absolute atomic E-state index is 0.135. The maximum Gasteiger partial charge on any atom is 0.335 e. The van der Waals surface area contributed by atoms with E-state index in [1.165, 1.54) is 23.9 Å². The molecule has 108 valence electrons. The average Bonchev–Trinajstić information content (AvgIpc) is 2.45. The SMILES string of the molecule is Nc1cccc(SCC(=O)Nc2cccc(C(=O)O)c2)c1. The molecule has 1 amide bonds. The van der Waals surface area contributed by atoms with Gasteiger partial charge in [0.25, 0.3) is 0 Å². The molecule has 0 atom stereocenters. The van der Waals surface area contributed by atoms with Crippen molar-refractivity contribution < 1.29 is 14.7 Å². The molecule has 0 unspecified atom stereocenters. The molecule has 6 heteroatoms. The van der Waals surface area contributed by atoms with E-state index in [4.69, 9.17) is 10.8 Å². The molecule has 0 aliphatic carbocycles. The Hall–Kier alpha value is -2.47. The molecule has 5 nitrogen and oxygen atoms in total. The highest BCUT2D eigenvalue weighted by Gasteiger charge is 2.07. The normalized spacial score (nSPS) is 10.1. The maximum atomic E-state index is 11.8. The van der Waals surface area contributed by atoms with Gasteiger partial charge in [-0.3, -0.25) is 4.79 Å². The Morgan fingerprint density at radius 1 is 1.14 bits per heavy atom. The molecule has 0 saturated carbocycles. The van der Waals surface area contributed by atoms with Crippen molar-refractivity contribution in [1.82, 2.24) is 0 Å². The minimum atomic E-state index is -1.03. The van der Waals surface area contributed by atoms with E-state index in [0.29, 0.717) is 11.4 Å². The number of nitrogens with one attached hydrogen (secondary N) is 1. The first kappa shape index (κ1) is 14.9. The van der Waals surface area contributed by atoms with Gasteiger partial charge in [0.2, 0.25) is 5.91 Å². The molecule has 2 aromatic carbocycles. The van der Waals surface area contributed by atoms with Gasteiger partial charge in [0.1, 0.15) is 0 Å². The van der Waals surface area contributed by atoms with Crippen LogP contribution in [0.2, 0.25) is 0 Å². The van der Waals surface area contributed by atoms with Crippen LogP contribution in [-0.4, -0.2) is 22.7 Å². The highest BCUT2D eigenvalue weighted by Crippen LogP contribution is 2.20. The van der Waals surface area contributed by atoms with E-state index >= 15 is 0 Å². The summed E-state index contributed by atoms with van der Waals surface area (Å²) < 4.78 is 0. The van der Waals surface area contributed by atoms with Crippen LogP contribution in [0.15, 0.2) is 53.4 Å². The van der Waals surface area contributed by atoms with Gasteiger partial charge in [0.05, 0.1) is 11.3 Å². The zero-order valence-electron chi connectivity index (χ0n) is 11.1. The molecule has 0 bridgehead atoms. The molecule has 2 rings (SSSR count). The quantitative estimate of drug-likeness (QED) is 0.583. The van der Waals surface area contributed by atoms with Gasteiger partial charge >= 0.3 is 5.97 Å². The monoisotopic (exact) mass is 302 g/mol. The topological polar surface area (TPSA) is 92.4 Å². The van der Waals surface area contributed by atoms with Crippen molar-refractivity contribution in [2.45, 2.75) is 4.90 Å². The van der Waals surface area contributed by atoms with Crippen LogP contribution in [0.1, 0.15) is 10.4 Å². The third-order valence-electron chi connectivity index (χ3n) is 2.62. The molecule has 0 radical (unpaired) electrons. The zero-order chi connectivity index (χ0) is 15.2. The number of carbonyl (C=O) groups is 2. The largest absolute Gasteiger partial charge is 0.478 e. The van der Waals surface area contributed by atoms with Crippen LogP contribution >= 0.6 is 11.8 Å². The number of aromatic carboxylic acids is 1. The smallest absolute Gasteiger partial charge is 0.335 e. The van der Waals surface area contributed by atoms with Crippen molar-refractivity contribution >= 4 is 35.0 Å². The second-order valence-corrected chi connectivity index (χ2v) is 5.34. The van der Waals surface area contributed by atoms with Gasteiger partial charge in [0.15, 0.2) is 0 Å². The van der Waals surface area contributed by atoms with Crippen LogP contribution < -0.4 is 11.1 Å². The van der Waals surface area contributed by atoms with Crippen molar-refractivity contribution in [2.75, 3.05) is 16.8 Å². The van der Waals surface area contributed by atoms with E-state index in [0.717, 1.165) is 4.90 Å². The molecule has 21 heavy (non-hydrogen) atoms. The third-order valence-corrected chi connectivity index (χ3v) is 3.62. The van der Waals surface area contributed by atoms with Crippen LogP contribution in [0, 0.1) is 0 Å².